The van der Waals surface area contributed by atoms with Gasteiger partial charge in [0.2, 0.25) is 0 Å². The molecule has 0 aromatic heterocycles. The second-order valence-electron chi connectivity index (χ2n) is 5.61. The highest BCUT2D eigenvalue weighted by Crippen LogP contribution is 2.19. The summed E-state index contributed by atoms with van der Waals surface area (Å²) in [4.78, 5) is 2.43. The molecule has 0 saturated carbocycles. The number of rotatable bonds is 3. The summed E-state index contributed by atoms with van der Waals surface area (Å²) >= 11 is 0. The molecule has 1 aliphatic rings. The molecule has 1 aromatic rings. The van der Waals surface area contributed by atoms with Crippen molar-refractivity contribution in [2.45, 2.75) is 38.8 Å². The second-order valence-corrected chi connectivity index (χ2v) is 5.61. The average Bonchev–Trinajstić information content (AvgIpc) is 2.32. The molecule has 1 heterocycles. The van der Waals surface area contributed by atoms with E-state index in [2.05, 4.69) is 18.7 Å². The van der Waals surface area contributed by atoms with Crippen LogP contribution in [-0.2, 0) is 6.42 Å². The van der Waals surface area contributed by atoms with E-state index in [-0.39, 0.29) is 11.9 Å². The number of hydrogen-bond donors (Lipinski definition) is 1. The highest BCUT2D eigenvalue weighted by Gasteiger charge is 2.26. The first-order valence-corrected chi connectivity index (χ1v) is 6.80. The first kappa shape index (κ1) is 13.5. The van der Waals surface area contributed by atoms with Crippen molar-refractivity contribution in [2.24, 2.45) is 11.7 Å². The molecular weight excluding hydrogens is 227 g/mol. The Hall–Kier alpha value is -0.930. The van der Waals surface area contributed by atoms with Gasteiger partial charge in [-0.2, -0.15) is 0 Å². The molecule has 3 atom stereocenters. The Morgan fingerprint density at radius 1 is 1.50 bits per heavy atom. The Morgan fingerprint density at radius 2 is 2.28 bits per heavy atom. The monoisotopic (exact) mass is 250 g/mol. The van der Waals surface area contributed by atoms with E-state index < -0.39 is 0 Å². The summed E-state index contributed by atoms with van der Waals surface area (Å²) in [6.45, 7) is 6.48. The fraction of sp³-hybridized carbons (Fsp3) is 0.600. The van der Waals surface area contributed by atoms with Crippen molar-refractivity contribution in [3.63, 3.8) is 0 Å². The van der Waals surface area contributed by atoms with Crippen LogP contribution < -0.4 is 5.73 Å². The van der Waals surface area contributed by atoms with Crippen LogP contribution in [0.5, 0.6) is 0 Å². The van der Waals surface area contributed by atoms with Crippen molar-refractivity contribution in [1.29, 1.82) is 0 Å². The van der Waals surface area contributed by atoms with Crippen LogP contribution in [0.1, 0.15) is 25.8 Å². The highest BCUT2D eigenvalue weighted by molar-refractivity contribution is 5.17. The molecular formula is C15H23FN2. The topological polar surface area (TPSA) is 29.3 Å². The van der Waals surface area contributed by atoms with Crippen molar-refractivity contribution in [3.8, 4) is 0 Å². The second kappa shape index (κ2) is 5.81. The summed E-state index contributed by atoms with van der Waals surface area (Å²) in [5, 5.41) is 0. The van der Waals surface area contributed by atoms with E-state index in [4.69, 9.17) is 5.73 Å². The van der Waals surface area contributed by atoms with Gasteiger partial charge in [-0.1, -0.05) is 19.1 Å². The molecule has 0 bridgehead atoms. The Kier molecular flexibility index (Phi) is 4.36. The van der Waals surface area contributed by atoms with Gasteiger partial charge in [0.1, 0.15) is 5.82 Å². The van der Waals surface area contributed by atoms with Gasteiger partial charge >= 0.3 is 0 Å². The van der Waals surface area contributed by atoms with E-state index in [1.54, 1.807) is 12.1 Å². The van der Waals surface area contributed by atoms with Crippen molar-refractivity contribution in [3.05, 3.63) is 35.6 Å². The van der Waals surface area contributed by atoms with Crippen molar-refractivity contribution in [1.82, 2.24) is 4.90 Å². The van der Waals surface area contributed by atoms with Gasteiger partial charge in [-0.3, -0.25) is 4.90 Å². The van der Waals surface area contributed by atoms with E-state index >= 15 is 0 Å². The smallest absolute Gasteiger partial charge is 0.123 e. The third kappa shape index (κ3) is 3.30. The summed E-state index contributed by atoms with van der Waals surface area (Å²) in [6.07, 6.45) is 2.05. The first-order chi connectivity index (χ1) is 8.56. The van der Waals surface area contributed by atoms with E-state index in [1.165, 1.54) is 6.07 Å². The molecule has 1 aromatic carbocycles. The SMILES string of the molecule is CC1CCN(C(C)Cc2cccc(F)c2)CC1N. The average molecular weight is 250 g/mol. The van der Waals surface area contributed by atoms with Crippen LogP contribution in [0.2, 0.25) is 0 Å². The lowest BCUT2D eigenvalue weighted by Gasteiger charge is -2.38. The Bertz CT molecular complexity index is 394. The van der Waals surface area contributed by atoms with E-state index in [9.17, 15) is 4.39 Å². The predicted octanol–water partition coefficient (Wildman–Crippen LogP) is 2.43. The zero-order chi connectivity index (χ0) is 13.1. The molecule has 2 N–H and O–H groups in total. The number of nitrogens with zero attached hydrogens (tertiary/aromatic N) is 1. The van der Waals surface area contributed by atoms with E-state index in [0.717, 1.165) is 31.5 Å². The van der Waals surface area contributed by atoms with Gasteiger partial charge in [0.15, 0.2) is 0 Å². The van der Waals surface area contributed by atoms with Gasteiger partial charge in [0.05, 0.1) is 0 Å². The van der Waals surface area contributed by atoms with Crippen LogP contribution in [0.4, 0.5) is 4.39 Å². The predicted molar refractivity (Wildman–Crippen MR) is 72.9 cm³/mol. The molecule has 0 spiro atoms. The molecule has 2 rings (SSSR count). The molecule has 1 aliphatic heterocycles. The lowest BCUT2D eigenvalue weighted by molar-refractivity contribution is 0.128. The van der Waals surface area contributed by atoms with E-state index in [1.807, 2.05) is 6.07 Å². The maximum Gasteiger partial charge on any atom is 0.123 e. The number of hydrogen-bond acceptors (Lipinski definition) is 2. The van der Waals surface area contributed by atoms with E-state index in [0.29, 0.717) is 12.0 Å². The molecule has 1 fully saturated rings. The van der Waals surface area contributed by atoms with Crippen LogP contribution in [0.3, 0.4) is 0 Å². The molecule has 0 radical (unpaired) electrons. The standard InChI is InChI=1S/C15H23FN2/c1-11-6-7-18(10-15(11)17)12(2)8-13-4-3-5-14(16)9-13/h3-5,9,11-12,15H,6-8,10,17H2,1-2H3. The Labute approximate surface area is 109 Å². The number of benzene rings is 1. The minimum absolute atomic E-state index is 0.149. The molecule has 1 saturated heterocycles. The van der Waals surface area contributed by atoms with Gasteiger partial charge in [-0.05, 0) is 49.9 Å². The van der Waals surface area contributed by atoms with Crippen LogP contribution in [0, 0.1) is 11.7 Å². The lowest BCUT2D eigenvalue weighted by Crippen LogP contribution is -2.51. The third-order valence-corrected chi connectivity index (χ3v) is 4.09. The normalized spacial score (nSPS) is 27.1. The van der Waals surface area contributed by atoms with Crippen LogP contribution in [0.15, 0.2) is 24.3 Å². The number of likely N-dealkylation sites (tertiary alicyclic amines) is 1. The Balaban J connectivity index is 1.94. The molecule has 3 heteroatoms. The van der Waals surface area contributed by atoms with Crippen molar-refractivity contribution >= 4 is 0 Å². The summed E-state index contributed by atoms with van der Waals surface area (Å²) in [7, 11) is 0. The molecule has 100 valence electrons. The fourth-order valence-electron chi connectivity index (χ4n) is 2.66. The van der Waals surface area contributed by atoms with Gasteiger partial charge in [0.25, 0.3) is 0 Å². The molecule has 18 heavy (non-hydrogen) atoms. The molecule has 0 amide bonds. The third-order valence-electron chi connectivity index (χ3n) is 4.09. The van der Waals surface area contributed by atoms with Crippen molar-refractivity contribution < 1.29 is 4.39 Å². The minimum atomic E-state index is -0.149. The zero-order valence-electron chi connectivity index (χ0n) is 11.3. The summed E-state index contributed by atoms with van der Waals surface area (Å²) in [5.41, 5.74) is 7.19. The van der Waals surface area contributed by atoms with Crippen LogP contribution >= 0.6 is 0 Å². The first-order valence-electron chi connectivity index (χ1n) is 6.80. The molecule has 3 unspecified atom stereocenters. The van der Waals surface area contributed by atoms with Gasteiger partial charge in [0, 0.05) is 18.6 Å². The lowest BCUT2D eigenvalue weighted by atomic mass is 9.92. The maximum absolute atomic E-state index is 13.1. The van der Waals surface area contributed by atoms with Crippen LogP contribution in [0.25, 0.3) is 0 Å². The molecule has 2 nitrogen and oxygen atoms in total. The van der Waals surface area contributed by atoms with Gasteiger partial charge in [-0.15, -0.1) is 0 Å². The quantitative estimate of drug-likeness (QED) is 0.892. The molecule has 0 aliphatic carbocycles. The summed E-state index contributed by atoms with van der Waals surface area (Å²) < 4.78 is 13.1. The summed E-state index contributed by atoms with van der Waals surface area (Å²) in [5.74, 6) is 0.464. The largest absolute Gasteiger partial charge is 0.326 e. The maximum atomic E-state index is 13.1. The number of piperidine rings is 1. The summed E-state index contributed by atoms with van der Waals surface area (Å²) in [6, 6.07) is 7.59. The van der Waals surface area contributed by atoms with Gasteiger partial charge < -0.3 is 5.73 Å². The fourth-order valence-corrected chi connectivity index (χ4v) is 2.66. The minimum Gasteiger partial charge on any atom is -0.326 e. The van der Waals surface area contributed by atoms with Crippen molar-refractivity contribution in [2.75, 3.05) is 13.1 Å². The highest BCUT2D eigenvalue weighted by atomic mass is 19.1. The zero-order valence-corrected chi connectivity index (χ0v) is 11.3. The van der Waals surface area contributed by atoms with Crippen LogP contribution in [-0.4, -0.2) is 30.1 Å². The van der Waals surface area contributed by atoms with Gasteiger partial charge in [-0.25, -0.2) is 4.39 Å². The number of nitrogens with two attached hydrogens (primary N) is 1. The number of halogens is 1. The Morgan fingerprint density at radius 3 is 2.94 bits per heavy atom.